The molecule has 0 N–H and O–H groups in total. The van der Waals surface area contributed by atoms with Crippen molar-refractivity contribution in [2.24, 2.45) is 5.92 Å². The second kappa shape index (κ2) is 11.0. The molecule has 1 atom stereocenters. The summed E-state index contributed by atoms with van der Waals surface area (Å²) in [6.45, 7) is 12.9. The van der Waals surface area contributed by atoms with Crippen LogP contribution in [0.4, 0.5) is 10.6 Å². The van der Waals surface area contributed by atoms with Crippen molar-refractivity contribution in [1.29, 1.82) is 0 Å². The molecular weight excluding hydrogens is 418 g/mol. The summed E-state index contributed by atoms with van der Waals surface area (Å²) >= 11 is 0. The van der Waals surface area contributed by atoms with Crippen LogP contribution < -0.4 is 4.90 Å². The van der Waals surface area contributed by atoms with Crippen LogP contribution in [0.2, 0.25) is 0 Å². The van der Waals surface area contributed by atoms with Crippen molar-refractivity contribution in [2.45, 2.75) is 64.9 Å². The van der Waals surface area contributed by atoms with Gasteiger partial charge in [-0.3, -0.25) is 4.79 Å². The number of aromatic nitrogens is 2. The Balaban J connectivity index is 1.44. The van der Waals surface area contributed by atoms with Crippen LogP contribution in [0.3, 0.4) is 0 Å². The first kappa shape index (κ1) is 25.0. The van der Waals surface area contributed by atoms with E-state index in [0.717, 1.165) is 31.6 Å². The Labute approximate surface area is 198 Å². The zero-order chi connectivity index (χ0) is 24.0. The lowest BCUT2D eigenvalue weighted by atomic mass is 9.83. The molecule has 1 aromatic heterocycles. The fourth-order valence-electron chi connectivity index (χ4n) is 4.47. The Bertz CT molecular complexity index is 825. The minimum atomic E-state index is -0.500. The van der Waals surface area contributed by atoms with Crippen molar-refractivity contribution in [2.75, 3.05) is 44.7 Å². The Morgan fingerprint density at radius 1 is 1.18 bits per heavy atom. The van der Waals surface area contributed by atoms with Gasteiger partial charge in [-0.25, -0.2) is 4.79 Å². The van der Waals surface area contributed by atoms with Gasteiger partial charge in [-0.05, 0) is 77.3 Å². The van der Waals surface area contributed by atoms with Crippen LogP contribution in [-0.4, -0.2) is 77.4 Å². The van der Waals surface area contributed by atoms with E-state index in [1.165, 1.54) is 24.8 Å². The van der Waals surface area contributed by atoms with Gasteiger partial charge in [-0.15, -0.1) is 10.2 Å². The third-order valence-corrected chi connectivity index (χ3v) is 6.30. The minimum absolute atomic E-state index is 0.100. The first-order chi connectivity index (χ1) is 15.6. The summed E-state index contributed by atoms with van der Waals surface area (Å²) in [6, 6.07) is 3.58. The topological polar surface area (TPSA) is 78.9 Å². The quantitative estimate of drug-likeness (QED) is 0.598. The highest BCUT2D eigenvalue weighted by Crippen LogP contribution is 2.30. The van der Waals surface area contributed by atoms with E-state index in [0.29, 0.717) is 37.8 Å². The molecule has 2 amide bonds. The summed E-state index contributed by atoms with van der Waals surface area (Å²) in [6.07, 6.45) is 6.67. The van der Waals surface area contributed by atoms with E-state index in [1.54, 1.807) is 15.9 Å². The molecule has 33 heavy (non-hydrogen) atoms. The first-order valence-electron chi connectivity index (χ1n) is 12.1. The molecule has 0 bridgehead atoms. The summed E-state index contributed by atoms with van der Waals surface area (Å²) in [7, 11) is 1.83. The van der Waals surface area contributed by atoms with Gasteiger partial charge in [0.05, 0.1) is 0 Å². The largest absolute Gasteiger partial charge is 0.444 e. The van der Waals surface area contributed by atoms with Crippen molar-refractivity contribution in [3.8, 4) is 0 Å². The zero-order valence-corrected chi connectivity index (χ0v) is 20.7. The molecule has 2 aliphatic rings. The van der Waals surface area contributed by atoms with Crippen molar-refractivity contribution in [1.82, 2.24) is 20.0 Å². The van der Waals surface area contributed by atoms with Crippen LogP contribution in [0.25, 0.3) is 0 Å². The fourth-order valence-corrected chi connectivity index (χ4v) is 4.47. The highest BCUT2D eigenvalue weighted by molar-refractivity contribution is 5.92. The molecular formula is C25H39N5O3. The maximum absolute atomic E-state index is 12.7. The molecule has 2 fully saturated rings. The highest BCUT2D eigenvalue weighted by atomic mass is 16.6. The number of ether oxygens (including phenoxy) is 1. The van der Waals surface area contributed by atoms with Gasteiger partial charge in [0.25, 0.3) is 5.91 Å². The number of carbonyl (C=O) groups is 2. The van der Waals surface area contributed by atoms with Gasteiger partial charge in [-0.1, -0.05) is 12.2 Å². The molecule has 1 saturated heterocycles. The minimum Gasteiger partial charge on any atom is -0.444 e. The standard InChI is InChI=1S/C25H39N5O3/c1-19-8-6-9-20(18-19)10-7-13-28(5)23(31)21-11-12-22(27-26-21)29-14-16-30(17-15-29)24(32)33-25(2,3)4/h11-12,20H,1,6-10,13-18H2,2-5H3. The Kier molecular flexibility index (Phi) is 8.32. The predicted molar refractivity (Wildman–Crippen MR) is 129 cm³/mol. The molecule has 1 unspecified atom stereocenters. The molecule has 182 valence electrons. The fraction of sp³-hybridized carbons (Fsp3) is 0.680. The molecule has 1 saturated carbocycles. The van der Waals surface area contributed by atoms with Crippen LogP contribution >= 0.6 is 0 Å². The second-order valence-electron chi connectivity index (χ2n) is 10.3. The molecule has 8 heteroatoms. The average Bonchev–Trinajstić information content (AvgIpc) is 2.77. The van der Waals surface area contributed by atoms with Gasteiger partial charge in [0.1, 0.15) is 5.60 Å². The monoisotopic (exact) mass is 457 g/mol. The van der Waals surface area contributed by atoms with Gasteiger partial charge >= 0.3 is 6.09 Å². The number of hydrogen-bond acceptors (Lipinski definition) is 6. The normalized spacial score (nSPS) is 19.4. The molecule has 1 aromatic rings. The number of rotatable bonds is 6. The summed E-state index contributed by atoms with van der Waals surface area (Å²) in [5.41, 5.74) is 1.23. The number of anilines is 1. The summed E-state index contributed by atoms with van der Waals surface area (Å²) < 4.78 is 5.44. The van der Waals surface area contributed by atoms with Crippen LogP contribution in [0.5, 0.6) is 0 Å². The first-order valence-corrected chi connectivity index (χ1v) is 12.1. The molecule has 0 spiro atoms. The third-order valence-electron chi connectivity index (χ3n) is 6.30. The Morgan fingerprint density at radius 3 is 2.52 bits per heavy atom. The molecule has 0 aromatic carbocycles. The maximum Gasteiger partial charge on any atom is 0.410 e. The van der Waals surface area contributed by atoms with Crippen LogP contribution in [0.15, 0.2) is 24.3 Å². The maximum atomic E-state index is 12.7. The molecule has 1 aliphatic carbocycles. The molecule has 3 rings (SSSR count). The Hall–Kier alpha value is -2.64. The molecule has 2 heterocycles. The lowest BCUT2D eigenvalue weighted by Crippen LogP contribution is -2.50. The van der Waals surface area contributed by atoms with Crippen LogP contribution in [0, 0.1) is 5.92 Å². The average molecular weight is 458 g/mol. The van der Waals surface area contributed by atoms with Crippen LogP contribution in [0.1, 0.15) is 69.8 Å². The van der Waals surface area contributed by atoms with Gasteiger partial charge in [0.15, 0.2) is 11.5 Å². The summed E-state index contributed by atoms with van der Waals surface area (Å²) in [4.78, 5) is 30.5. The smallest absolute Gasteiger partial charge is 0.410 e. The van der Waals surface area contributed by atoms with E-state index in [1.807, 2.05) is 33.9 Å². The number of allylic oxidation sites excluding steroid dienone is 1. The van der Waals surface area contributed by atoms with E-state index in [-0.39, 0.29) is 12.0 Å². The molecule has 0 radical (unpaired) electrons. The van der Waals surface area contributed by atoms with E-state index in [4.69, 9.17) is 4.74 Å². The van der Waals surface area contributed by atoms with Crippen molar-refractivity contribution in [3.05, 3.63) is 30.0 Å². The molecule has 1 aliphatic heterocycles. The summed E-state index contributed by atoms with van der Waals surface area (Å²) in [5.74, 6) is 1.33. The van der Waals surface area contributed by atoms with Crippen LogP contribution in [-0.2, 0) is 4.74 Å². The van der Waals surface area contributed by atoms with Gasteiger partial charge < -0.3 is 19.4 Å². The number of hydrogen-bond donors (Lipinski definition) is 0. The van der Waals surface area contributed by atoms with Crippen molar-refractivity contribution >= 4 is 17.8 Å². The third kappa shape index (κ3) is 7.44. The lowest BCUT2D eigenvalue weighted by molar-refractivity contribution is 0.0240. The van der Waals surface area contributed by atoms with Gasteiger partial charge in [-0.2, -0.15) is 0 Å². The lowest BCUT2D eigenvalue weighted by Gasteiger charge is -2.35. The zero-order valence-electron chi connectivity index (χ0n) is 20.7. The Morgan fingerprint density at radius 2 is 1.91 bits per heavy atom. The van der Waals surface area contributed by atoms with E-state index < -0.39 is 5.60 Å². The molecule has 8 nitrogen and oxygen atoms in total. The van der Waals surface area contributed by atoms with E-state index in [9.17, 15) is 9.59 Å². The second-order valence-corrected chi connectivity index (χ2v) is 10.3. The number of amides is 2. The van der Waals surface area contributed by atoms with E-state index in [2.05, 4.69) is 21.7 Å². The van der Waals surface area contributed by atoms with Crippen molar-refractivity contribution < 1.29 is 14.3 Å². The summed E-state index contributed by atoms with van der Waals surface area (Å²) in [5, 5.41) is 8.47. The SMILES string of the molecule is C=C1CCCC(CCCN(C)C(=O)c2ccc(N3CCN(C(=O)OC(C)(C)C)CC3)nn2)C1. The highest BCUT2D eigenvalue weighted by Gasteiger charge is 2.26. The predicted octanol–water partition coefficient (Wildman–Crippen LogP) is 4.13. The number of piperazine rings is 1. The number of nitrogens with zero attached hydrogens (tertiary/aromatic N) is 5. The number of carbonyl (C=O) groups excluding carboxylic acids is 2. The van der Waals surface area contributed by atoms with Gasteiger partial charge in [0, 0.05) is 39.8 Å². The van der Waals surface area contributed by atoms with Crippen molar-refractivity contribution in [3.63, 3.8) is 0 Å². The van der Waals surface area contributed by atoms with E-state index >= 15 is 0 Å². The van der Waals surface area contributed by atoms with Gasteiger partial charge in [0.2, 0.25) is 0 Å².